The van der Waals surface area contributed by atoms with Crippen molar-refractivity contribution >= 4 is 5.69 Å². The molecule has 102 valence electrons. The molecular formula is C15H25FN2. The molecule has 0 radical (unpaired) electrons. The summed E-state index contributed by atoms with van der Waals surface area (Å²) in [6.07, 6.45) is 4.79. The van der Waals surface area contributed by atoms with Crippen LogP contribution in [0.25, 0.3) is 0 Å². The molecule has 0 aromatic heterocycles. The summed E-state index contributed by atoms with van der Waals surface area (Å²) in [6, 6.07) is 4.70. The van der Waals surface area contributed by atoms with Crippen LogP contribution in [0, 0.1) is 5.82 Å². The second-order valence-electron chi connectivity index (χ2n) is 4.83. The molecule has 2 nitrogen and oxygen atoms in total. The highest BCUT2D eigenvalue weighted by Gasteiger charge is 2.08. The van der Waals surface area contributed by atoms with Gasteiger partial charge in [0.25, 0.3) is 0 Å². The summed E-state index contributed by atoms with van der Waals surface area (Å²) in [4.78, 5) is 2.41. The Morgan fingerprint density at radius 1 is 1.11 bits per heavy atom. The van der Waals surface area contributed by atoms with Gasteiger partial charge in [0.1, 0.15) is 5.82 Å². The highest BCUT2D eigenvalue weighted by atomic mass is 19.1. The molecule has 0 saturated heterocycles. The van der Waals surface area contributed by atoms with E-state index in [1.165, 1.54) is 37.8 Å². The van der Waals surface area contributed by atoms with Crippen LogP contribution in [0.1, 0.15) is 45.1 Å². The fourth-order valence-electron chi connectivity index (χ4n) is 1.98. The quantitative estimate of drug-likeness (QED) is 0.713. The molecule has 0 spiro atoms. The molecule has 0 amide bonds. The molecule has 0 aliphatic rings. The number of hydrogen-bond donors (Lipinski definition) is 1. The van der Waals surface area contributed by atoms with Gasteiger partial charge in [-0.25, -0.2) is 4.39 Å². The first-order valence-corrected chi connectivity index (χ1v) is 6.93. The van der Waals surface area contributed by atoms with E-state index in [2.05, 4.69) is 18.7 Å². The van der Waals surface area contributed by atoms with Crippen LogP contribution in [-0.4, -0.2) is 18.0 Å². The number of hydrogen-bond acceptors (Lipinski definition) is 2. The summed E-state index contributed by atoms with van der Waals surface area (Å²) in [5, 5.41) is 0. The highest BCUT2D eigenvalue weighted by molar-refractivity contribution is 5.46. The lowest BCUT2D eigenvalue weighted by atomic mass is 10.1. The zero-order valence-electron chi connectivity index (χ0n) is 11.6. The van der Waals surface area contributed by atoms with Crippen molar-refractivity contribution in [1.29, 1.82) is 0 Å². The maximum Gasteiger partial charge on any atom is 0.125 e. The van der Waals surface area contributed by atoms with E-state index in [4.69, 9.17) is 5.73 Å². The maximum absolute atomic E-state index is 13.0. The minimum atomic E-state index is -0.259. The van der Waals surface area contributed by atoms with E-state index in [0.717, 1.165) is 25.2 Å². The number of benzene rings is 1. The number of halogens is 1. The van der Waals surface area contributed by atoms with E-state index in [0.29, 0.717) is 5.69 Å². The molecule has 0 unspecified atom stereocenters. The third-order valence-corrected chi connectivity index (χ3v) is 3.16. The summed E-state index contributed by atoms with van der Waals surface area (Å²) in [5.74, 6) is -0.259. The molecule has 18 heavy (non-hydrogen) atoms. The molecule has 0 aliphatic carbocycles. The van der Waals surface area contributed by atoms with Crippen molar-refractivity contribution in [2.45, 2.75) is 46.1 Å². The predicted molar refractivity (Wildman–Crippen MR) is 75.9 cm³/mol. The third kappa shape index (κ3) is 5.05. The van der Waals surface area contributed by atoms with Crippen molar-refractivity contribution in [2.75, 3.05) is 18.8 Å². The molecular weight excluding hydrogens is 227 g/mol. The Kier molecular flexibility index (Phi) is 6.73. The van der Waals surface area contributed by atoms with Crippen LogP contribution in [0.5, 0.6) is 0 Å². The average molecular weight is 252 g/mol. The Morgan fingerprint density at radius 3 is 2.22 bits per heavy atom. The first-order valence-electron chi connectivity index (χ1n) is 6.93. The van der Waals surface area contributed by atoms with E-state index < -0.39 is 0 Å². The van der Waals surface area contributed by atoms with Gasteiger partial charge in [-0.15, -0.1) is 0 Å². The first kappa shape index (κ1) is 15.0. The molecule has 1 aromatic rings. The zero-order valence-corrected chi connectivity index (χ0v) is 11.6. The number of nitrogen functional groups attached to an aromatic ring is 1. The zero-order chi connectivity index (χ0) is 13.4. The normalized spacial score (nSPS) is 11.1. The minimum absolute atomic E-state index is 0.259. The number of unbranched alkanes of at least 4 members (excludes halogenated alkanes) is 2. The Hall–Kier alpha value is -1.09. The molecule has 1 rings (SSSR count). The van der Waals surface area contributed by atoms with Crippen molar-refractivity contribution in [1.82, 2.24) is 4.90 Å². The fraction of sp³-hybridized carbons (Fsp3) is 0.600. The standard InChI is InChI=1S/C15H25FN2/c1-3-5-9-18(10-6-4-2)12-13-7-8-14(16)11-15(13)17/h7-8,11H,3-6,9-10,12,17H2,1-2H3. The van der Waals surface area contributed by atoms with E-state index in [1.54, 1.807) is 6.07 Å². The lowest BCUT2D eigenvalue weighted by Crippen LogP contribution is -2.26. The van der Waals surface area contributed by atoms with Crippen LogP contribution in [0.15, 0.2) is 18.2 Å². The van der Waals surface area contributed by atoms with Crippen LogP contribution >= 0.6 is 0 Å². The average Bonchev–Trinajstić information content (AvgIpc) is 2.35. The first-order chi connectivity index (χ1) is 8.67. The molecule has 0 atom stereocenters. The van der Waals surface area contributed by atoms with Gasteiger partial charge in [0, 0.05) is 12.2 Å². The molecule has 2 N–H and O–H groups in total. The van der Waals surface area contributed by atoms with Crippen molar-refractivity contribution < 1.29 is 4.39 Å². The van der Waals surface area contributed by atoms with E-state index >= 15 is 0 Å². The molecule has 0 heterocycles. The van der Waals surface area contributed by atoms with Gasteiger partial charge in [0.15, 0.2) is 0 Å². The van der Waals surface area contributed by atoms with E-state index in [1.807, 2.05) is 0 Å². The second kappa shape index (κ2) is 8.09. The lowest BCUT2D eigenvalue weighted by Gasteiger charge is -2.22. The SMILES string of the molecule is CCCCN(CCCC)Cc1ccc(F)cc1N. The van der Waals surface area contributed by atoms with Gasteiger partial charge in [-0.1, -0.05) is 32.8 Å². The molecule has 0 fully saturated rings. The van der Waals surface area contributed by atoms with Gasteiger partial charge in [-0.05, 0) is 43.6 Å². The monoisotopic (exact) mass is 252 g/mol. The smallest absolute Gasteiger partial charge is 0.125 e. The van der Waals surface area contributed by atoms with Crippen LogP contribution < -0.4 is 5.73 Å². The van der Waals surface area contributed by atoms with Gasteiger partial charge in [-0.3, -0.25) is 4.90 Å². The van der Waals surface area contributed by atoms with Crippen LogP contribution in [-0.2, 0) is 6.54 Å². The van der Waals surface area contributed by atoms with Crippen LogP contribution in [0.4, 0.5) is 10.1 Å². The fourth-order valence-corrected chi connectivity index (χ4v) is 1.98. The Labute approximate surface area is 110 Å². The summed E-state index contributed by atoms with van der Waals surface area (Å²) < 4.78 is 13.0. The topological polar surface area (TPSA) is 29.3 Å². The molecule has 0 saturated carbocycles. The molecule has 0 aliphatic heterocycles. The van der Waals surface area contributed by atoms with Gasteiger partial charge in [0.2, 0.25) is 0 Å². The Morgan fingerprint density at radius 2 is 1.72 bits per heavy atom. The van der Waals surface area contributed by atoms with Crippen molar-refractivity contribution in [3.05, 3.63) is 29.6 Å². The van der Waals surface area contributed by atoms with Crippen molar-refractivity contribution in [3.63, 3.8) is 0 Å². The largest absolute Gasteiger partial charge is 0.398 e. The predicted octanol–water partition coefficient (Wildman–Crippen LogP) is 3.81. The van der Waals surface area contributed by atoms with Crippen LogP contribution in [0.2, 0.25) is 0 Å². The lowest BCUT2D eigenvalue weighted by molar-refractivity contribution is 0.257. The highest BCUT2D eigenvalue weighted by Crippen LogP contribution is 2.16. The van der Waals surface area contributed by atoms with Crippen LogP contribution in [0.3, 0.4) is 0 Å². The number of anilines is 1. The third-order valence-electron chi connectivity index (χ3n) is 3.16. The van der Waals surface area contributed by atoms with Gasteiger partial charge in [-0.2, -0.15) is 0 Å². The Bertz CT molecular complexity index is 344. The summed E-state index contributed by atoms with van der Waals surface area (Å²) in [6.45, 7) is 7.40. The van der Waals surface area contributed by atoms with E-state index in [9.17, 15) is 4.39 Å². The second-order valence-corrected chi connectivity index (χ2v) is 4.83. The summed E-state index contributed by atoms with van der Waals surface area (Å²) in [7, 11) is 0. The number of rotatable bonds is 8. The summed E-state index contributed by atoms with van der Waals surface area (Å²) in [5.41, 5.74) is 7.45. The van der Waals surface area contributed by atoms with Crippen molar-refractivity contribution in [2.24, 2.45) is 0 Å². The van der Waals surface area contributed by atoms with Crippen molar-refractivity contribution in [3.8, 4) is 0 Å². The van der Waals surface area contributed by atoms with Gasteiger partial charge in [0.05, 0.1) is 0 Å². The molecule has 1 aromatic carbocycles. The van der Waals surface area contributed by atoms with E-state index in [-0.39, 0.29) is 5.82 Å². The molecule has 0 bridgehead atoms. The van der Waals surface area contributed by atoms with Gasteiger partial charge < -0.3 is 5.73 Å². The Balaban J connectivity index is 2.62. The number of nitrogens with zero attached hydrogens (tertiary/aromatic N) is 1. The summed E-state index contributed by atoms with van der Waals surface area (Å²) >= 11 is 0. The molecule has 3 heteroatoms. The number of nitrogens with two attached hydrogens (primary N) is 1. The van der Waals surface area contributed by atoms with Gasteiger partial charge >= 0.3 is 0 Å². The maximum atomic E-state index is 13.0. The minimum Gasteiger partial charge on any atom is -0.398 e.